The van der Waals surface area contributed by atoms with Crippen LogP contribution >= 0.6 is 11.6 Å². The highest BCUT2D eigenvalue weighted by Crippen LogP contribution is 2.33. The van der Waals surface area contributed by atoms with E-state index in [-0.39, 0.29) is 0 Å². The van der Waals surface area contributed by atoms with E-state index in [1.165, 1.54) is 5.56 Å². The maximum absolute atomic E-state index is 6.35. The molecule has 0 radical (unpaired) electrons. The summed E-state index contributed by atoms with van der Waals surface area (Å²) in [5.74, 6) is 7.67. The minimum absolute atomic E-state index is 0.316. The van der Waals surface area contributed by atoms with Crippen LogP contribution in [-0.2, 0) is 6.42 Å². The summed E-state index contributed by atoms with van der Waals surface area (Å²) in [6.07, 6.45) is 1.78. The Labute approximate surface area is 122 Å². The van der Waals surface area contributed by atoms with Crippen LogP contribution in [0.5, 0.6) is 5.75 Å². The van der Waals surface area contributed by atoms with E-state index in [2.05, 4.69) is 32.6 Å². The molecule has 1 aromatic carbocycles. The molecule has 0 saturated heterocycles. The molecule has 0 saturated carbocycles. The molecule has 0 aliphatic heterocycles. The van der Waals surface area contributed by atoms with Gasteiger partial charge in [0, 0.05) is 17.4 Å². The molecule has 0 aliphatic rings. The van der Waals surface area contributed by atoms with Gasteiger partial charge in [0.15, 0.2) is 0 Å². The molecule has 1 aromatic rings. The second-order valence-electron chi connectivity index (χ2n) is 4.82. The smallest absolute Gasteiger partial charge is 0.123 e. The molecule has 1 nitrogen and oxygen atoms in total. The third-order valence-electron chi connectivity index (χ3n) is 3.11. The lowest BCUT2D eigenvalue weighted by Gasteiger charge is -2.17. The molecule has 1 rings (SSSR count). The molecular weight excluding hydrogens is 256 g/mol. The largest absolute Gasteiger partial charge is 0.494 e. The van der Waals surface area contributed by atoms with Crippen molar-refractivity contribution in [3.05, 3.63) is 27.8 Å². The van der Waals surface area contributed by atoms with Crippen molar-refractivity contribution in [1.82, 2.24) is 0 Å². The molecule has 2 heteroatoms. The van der Waals surface area contributed by atoms with E-state index in [0.717, 1.165) is 34.7 Å². The Morgan fingerprint density at radius 2 is 2.00 bits per heavy atom. The van der Waals surface area contributed by atoms with Crippen LogP contribution in [-0.4, -0.2) is 6.61 Å². The lowest BCUT2D eigenvalue weighted by atomic mass is 9.95. The highest BCUT2D eigenvalue weighted by Gasteiger charge is 2.14. The molecule has 19 heavy (non-hydrogen) atoms. The van der Waals surface area contributed by atoms with Crippen molar-refractivity contribution < 1.29 is 4.74 Å². The Balaban J connectivity index is 3.13. The predicted molar refractivity (Wildman–Crippen MR) is 83.0 cm³/mol. The van der Waals surface area contributed by atoms with Crippen molar-refractivity contribution in [1.29, 1.82) is 0 Å². The molecule has 0 fully saturated rings. The van der Waals surface area contributed by atoms with E-state index < -0.39 is 0 Å². The summed E-state index contributed by atoms with van der Waals surface area (Å²) >= 11 is 6.35. The molecule has 1 atom stereocenters. The van der Waals surface area contributed by atoms with Crippen LogP contribution in [0.4, 0.5) is 0 Å². The summed E-state index contributed by atoms with van der Waals surface area (Å²) in [5, 5.41) is 0.842. The normalized spacial score (nSPS) is 11.7. The van der Waals surface area contributed by atoms with Crippen LogP contribution in [0.25, 0.3) is 0 Å². The van der Waals surface area contributed by atoms with Gasteiger partial charge in [-0.25, -0.2) is 0 Å². The van der Waals surface area contributed by atoms with Gasteiger partial charge in [-0.3, -0.25) is 0 Å². The van der Waals surface area contributed by atoms with Crippen LogP contribution in [0.3, 0.4) is 0 Å². The number of rotatable bonds is 4. The number of hydrogen-bond acceptors (Lipinski definition) is 1. The lowest BCUT2D eigenvalue weighted by molar-refractivity contribution is 0.335. The Bertz CT molecular complexity index is 494. The van der Waals surface area contributed by atoms with Gasteiger partial charge in [-0.2, -0.15) is 0 Å². The molecule has 0 spiro atoms. The monoisotopic (exact) mass is 278 g/mol. The first-order valence-electron chi connectivity index (χ1n) is 6.90. The predicted octanol–water partition coefficient (Wildman–Crippen LogP) is 4.95. The SMILES string of the molecule is CCC#CC(C)Cc1c(OCC)cc(C)c(Cl)c1C. The fourth-order valence-electron chi connectivity index (χ4n) is 2.13. The first kappa shape index (κ1) is 15.9. The summed E-state index contributed by atoms with van der Waals surface area (Å²) in [6.45, 7) is 11.0. The molecule has 0 N–H and O–H groups in total. The first-order chi connectivity index (χ1) is 9.01. The fourth-order valence-corrected chi connectivity index (χ4v) is 2.30. The van der Waals surface area contributed by atoms with Gasteiger partial charge in [-0.1, -0.05) is 31.4 Å². The van der Waals surface area contributed by atoms with Gasteiger partial charge in [0.25, 0.3) is 0 Å². The van der Waals surface area contributed by atoms with Crippen molar-refractivity contribution in [3.63, 3.8) is 0 Å². The Morgan fingerprint density at radius 3 is 2.58 bits per heavy atom. The maximum Gasteiger partial charge on any atom is 0.123 e. The van der Waals surface area contributed by atoms with E-state index in [0.29, 0.717) is 12.5 Å². The number of benzene rings is 1. The number of aryl methyl sites for hydroxylation is 1. The standard InChI is InChI=1S/C17H23ClO/c1-6-8-9-12(3)10-15-14(5)17(18)13(4)11-16(15)19-7-2/h11-12H,6-7,10H2,1-5H3. The van der Waals surface area contributed by atoms with Crippen LogP contribution in [0.2, 0.25) is 5.02 Å². The van der Waals surface area contributed by atoms with E-state index >= 15 is 0 Å². The van der Waals surface area contributed by atoms with Crippen molar-refractivity contribution >= 4 is 11.6 Å². The lowest BCUT2D eigenvalue weighted by Crippen LogP contribution is -2.05. The summed E-state index contributed by atoms with van der Waals surface area (Å²) in [5.41, 5.74) is 3.38. The van der Waals surface area contributed by atoms with Crippen LogP contribution in [0, 0.1) is 31.6 Å². The number of hydrogen-bond donors (Lipinski definition) is 0. The van der Waals surface area contributed by atoms with Crippen LogP contribution in [0.1, 0.15) is 43.9 Å². The first-order valence-corrected chi connectivity index (χ1v) is 7.28. The zero-order valence-corrected chi connectivity index (χ0v) is 13.3. The topological polar surface area (TPSA) is 9.23 Å². The second-order valence-corrected chi connectivity index (χ2v) is 5.20. The molecule has 0 amide bonds. The minimum atomic E-state index is 0.316. The van der Waals surface area contributed by atoms with Crippen molar-refractivity contribution in [2.75, 3.05) is 6.61 Å². The molecule has 0 aliphatic carbocycles. The van der Waals surface area contributed by atoms with Gasteiger partial charge in [-0.15, -0.1) is 5.92 Å². The minimum Gasteiger partial charge on any atom is -0.494 e. The maximum atomic E-state index is 6.35. The summed E-state index contributed by atoms with van der Waals surface area (Å²) < 4.78 is 5.75. The third kappa shape index (κ3) is 4.18. The highest BCUT2D eigenvalue weighted by molar-refractivity contribution is 6.32. The van der Waals surface area contributed by atoms with Crippen LogP contribution in [0.15, 0.2) is 6.07 Å². The summed E-state index contributed by atoms with van der Waals surface area (Å²) in [4.78, 5) is 0. The zero-order valence-electron chi connectivity index (χ0n) is 12.6. The number of halogens is 1. The number of ether oxygens (including phenoxy) is 1. The van der Waals surface area contributed by atoms with Gasteiger partial charge >= 0.3 is 0 Å². The van der Waals surface area contributed by atoms with E-state index in [1.54, 1.807) is 0 Å². The highest BCUT2D eigenvalue weighted by atomic mass is 35.5. The van der Waals surface area contributed by atoms with Gasteiger partial charge in [0.05, 0.1) is 6.61 Å². The molecule has 0 bridgehead atoms. The van der Waals surface area contributed by atoms with E-state index in [1.807, 2.05) is 19.9 Å². The van der Waals surface area contributed by atoms with E-state index in [9.17, 15) is 0 Å². The molecule has 0 aromatic heterocycles. The average Bonchev–Trinajstić information content (AvgIpc) is 2.38. The summed E-state index contributed by atoms with van der Waals surface area (Å²) in [7, 11) is 0. The second kappa shape index (κ2) is 7.46. The summed E-state index contributed by atoms with van der Waals surface area (Å²) in [6, 6.07) is 2.04. The van der Waals surface area contributed by atoms with Gasteiger partial charge in [0.2, 0.25) is 0 Å². The van der Waals surface area contributed by atoms with Crippen molar-refractivity contribution in [2.24, 2.45) is 5.92 Å². The van der Waals surface area contributed by atoms with Crippen LogP contribution < -0.4 is 4.74 Å². The van der Waals surface area contributed by atoms with Gasteiger partial charge in [-0.05, 0) is 49.9 Å². The average molecular weight is 279 g/mol. The van der Waals surface area contributed by atoms with E-state index in [4.69, 9.17) is 16.3 Å². The zero-order chi connectivity index (χ0) is 14.4. The Kier molecular flexibility index (Phi) is 6.25. The molecule has 104 valence electrons. The Morgan fingerprint density at radius 1 is 1.32 bits per heavy atom. The fraction of sp³-hybridized carbons (Fsp3) is 0.529. The van der Waals surface area contributed by atoms with Gasteiger partial charge < -0.3 is 4.74 Å². The van der Waals surface area contributed by atoms with Crippen molar-refractivity contribution in [3.8, 4) is 17.6 Å². The molecule has 0 heterocycles. The van der Waals surface area contributed by atoms with Crippen molar-refractivity contribution in [2.45, 2.75) is 47.5 Å². The Hall–Kier alpha value is -1.13. The third-order valence-corrected chi connectivity index (χ3v) is 3.69. The molecule has 1 unspecified atom stereocenters. The molecular formula is C17H23ClO. The van der Waals surface area contributed by atoms with Gasteiger partial charge in [0.1, 0.15) is 5.75 Å². The quantitative estimate of drug-likeness (QED) is 0.708.